The van der Waals surface area contributed by atoms with Crippen LogP contribution in [0.3, 0.4) is 0 Å². The van der Waals surface area contributed by atoms with Crippen molar-refractivity contribution < 1.29 is 90.7 Å². The van der Waals surface area contributed by atoms with Gasteiger partial charge in [0.05, 0.1) is 21.3 Å². The smallest absolute Gasteiger partial charge is 0.467 e. The molecule has 0 aliphatic heterocycles. The molecule has 3 amide bonds. The maximum atomic E-state index is 12.8. The number of nitrogens with two attached hydrogens (primary N) is 1. The van der Waals surface area contributed by atoms with E-state index < -0.39 is 85.1 Å². The Labute approximate surface area is 347 Å². The van der Waals surface area contributed by atoms with Crippen LogP contribution in [0.15, 0.2) is 36.4 Å². The number of carbonyl (C=O) groups excluding carboxylic acids is 2. The molecule has 18 nitrogen and oxygen atoms in total. The third-order valence-electron chi connectivity index (χ3n) is 6.54. The quantitative estimate of drug-likeness (QED) is 0.123. The summed E-state index contributed by atoms with van der Waals surface area (Å²) in [5.41, 5.74) is 6.79. The SMILES string of the molecule is COC.COC(=O)Nc1nc(OC)nc(C(F)(F)F)n1.COc1nc(NC(=O)NCc2c(C)cccc2OC(F)(F)F)nc(C(F)(F)F)n1.Cc1cccc(OC(F)(F)F)c1CN. The van der Waals surface area contributed by atoms with Crippen molar-refractivity contribution in [3.63, 3.8) is 0 Å². The topological polar surface area (TPSA) is 229 Å². The van der Waals surface area contributed by atoms with Gasteiger partial charge in [0.2, 0.25) is 23.5 Å². The second-order valence-electron chi connectivity index (χ2n) is 11.2. The van der Waals surface area contributed by atoms with Crippen LogP contribution in [0.4, 0.5) is 74.2 Å². The highest BCUT2D eigenvalue weighted by Gasteiger charge is 2.38. The molecule has 0 saturated carbocycles. The molecule has 350 valence electrons. The Bertz CT molecular complexity index is 2090. The predicted octanol–water partition coefficient (Wildman–Crippen LogP) is 7.12. The number of amides is 3. The second kappa shape index (κ2) is 24.1. The number of rotatable bonds is 9. The number of methoxy groups -OCH3 is 4. The zero-order chi connectivity index (χ0) is 48.3. The van der Waals surface area contributed by atoms with Crippen LogP contribution in [0.2, 0.25) is 0 Å². The number of carbonyl (C=O) groups is 2. The van der Waals surface area contributed by atoms with Crippen molar-refractivity contribution in [2.45, 2.75) is 52.0 Å². The van der Waals surface area contributed by atoms with Gasteiger partial charge in [-0.3, -0.25) is 10.6 Å². The van der Waals surface area contributed by atoms with E-state index in [1.54, 1.807) is 27.2 Å². The number of hydrogen-bond acceptors (Lipinski definition) is 15. The molecule has 0 atom stereocenters. The highest BCUT2D eigenvalue weighted by molar-refractivity contribution is 5.87. The van der Waals surface area contributed by atoms with Crippen LogP contribution in [0.25, 0.3) is 0 Å². The van der Waals surface area contributed by atoms with E-state index in [1.165, 1.54) is 31.2 Å². The maximum Gasteiger partial charge on any atom is 0.573 e. The van der Waals surface area contributed by atoms with Gasteiger partial charge in [0, 0.05) is 38.4 Å². The van der Waals surface area contributed by atoms with Crippen molar-refractivity contribution in [1.29, 1.82) is 0 Å². The summed E-state index contributed by atoms with van der Waals surface area (Å²) in [7, 11) is 6.38. The number of aromatic nitrogens is 6. The van der Waals surface area contributed by atoms with Crippen LogP contribution >= 0.6 is 0 Å². The third kappa shape index (κ3) is 20.1. The molecule has 0 saturated heterocycles. The summed E-state index contributed by atoms with van der Waals surface area (Å²) in [5.74, 6) is -5.21. The molecule has 2 aromatic heterocycles. The molecule has 5 N–H and O–H groups in total. The standard InChI is InChI=1S/C15H13F6N5O3.C9H10F3NO.C7H7F3N4O3.C2H6O/c1-7-4-3-5-9(29-15(19,20)21)8(7)6-22-12(27)25-11-23-10(14(16,17)18)24-13(26-11)28-2;1-6-3-2-4-8(7(6)5-13)14-9(10,11)12;1-16-5-12-3(7(8,9)10)11-4(13-5)14-6(15)17-2;1-3-2/h3-5H,6H2,1-2H3,(H2,22,23,24,25,26,27);2-4H,5,13H2,1H3;1-2H3,(H,11,12,13,14,15);1-2H3. The van der Waals surface area contributed by atoms with Gasteiger partial charge in [-0.1, -0.05) is 24.3 Å². The van der Waals surface area contributed by atoms with Gasteiger partial charge in [0.25, 0.3) is 0 Å². The Balaban J connectivity index is 0.000000495. The van der Waals surface area contributed by atoms with Crippen molar-refractivity contribution in [1.82, 2.24) is 35.2 Å². The summed E-state index contributed by atoms with van der Waals surface area (Å²) in [5, 5.41) is 6.00. The summed E-state index contributed by atoms with van der Waals surface area (Å²) in [6.45, 7) is 2.78. The van der Waals surface area contributed by atoms with Crippen LogP contribution in [-0.4, -0.2) is 90.3 Å². The zero-order valence-electron chi connectivity index (χ0n) is 33.4. The van der Waals surface area contributed by atoms with Gasteiger partial charge in [-0.15, -0.1) is 26.3 Å². The highest BCUT2D eigenvalue weighted by Crippen LogP contribution is 2.31. The Kier molecular flexibility index (Phi) is 20.7. The van der Waals surface area contributed by atoms with Gasteiger partial charge in [-0.2, -0.15) is 56.2 Å². The van der Waals surface area contributed by atoms with Crippen molar-refractivity contribution in [2.75, 3.05) is 46.2 Å². The molecule has 30 heteroatoms. The number of nitrogens with one attached hydrogen (secondary N) is 3. The number of halogens is 12. The summed E-state index contributed by atoms with van der Waals surface area (Å²) in [6.07, 6.45) is -20.3. The molecular formula is C33H36F12N10O8. The van der Waals surface area contributed by atoms with Crippen molar-refractivity contribution in [2.24, 2.45) is 5.73 Å². The van der Waals surface area contributed by atoms with Gasteiger partial charge in [-0.25, -0.2) is 9.59 Å². The fourth-order valence-corrected chi connectivity index (χ4v) is 4.00. The van der Waals surface area contributed by atoms with Gasteiger partial charge in [0.1, 0.15) is 11.5 Å². The lowest BCUT2D eigenvalue weighted by Gasteiger charge is -2.16. The molecule has 0 aliphatic carbocycles. The number of urea groups is 1. The molecule has 4 rings (SSSR count). The van der Waals surface area contributed by atoms with E-state index in [4.69, 9.17) is 5.73 Å². The number of aryl methyl sites for hydroxylation is 2. The molecule has 4 aromatic rings. The van der Waals surface area contributed by atoms with Crippen molar-refractivity contribution in [3.8, 4) is 23.5 Å². The fraction of sp³-hybridized carbons (Fsp3) is 0.394. The van der Waals surface area contributed by atoms with Crippen LogP contribution in [0.5, 0.6) is 23.5 Å². The predicted molar refractivity (Wildman–Crippen MR) is 191 cm³/mol. The van der Waals surface area contributed by atoms with E-state index in [9.17, 15) is 62.3 Å². The van der Waals surface area contributed by atoms with Gasteiger partial charge < -0.3 is 39.5 Å². The first-order chi connectivity index (χ1) is 29.1. The van der Waals surface area contributed by atoms with Crippen LogP contribution in [0.1, 0.15) is 33.9 Å². The molecule has 2 aromatic carbocycles. The Morgan fingerprint density at radius 1 is 0.603 bits per heavy atom. The first-order valence-electron chi connectivity index (χ1n) is 16.5. The summed E-state index contributed by atoms with van der Waals surface area (Å²) < 4.78 is 174. The molecular weight excluding hydrogens is 892 g/mol. The molecule has 0 aliphatic rings. The van der Waals surface area contributed by atoms with Crippen LogP contribution in [0, 0.1) is 13.8 Å². The normalized spacial score (nSPS) is 11.2. The largest absolute Gasteiger partial charge is 0.573 e. The van der Waals surface area contributed by atoms with Gasteiger partial charge in [-0.05, 0) is 37.1 Å². The van der Waals surface area contributed by atoms with E-state index in [0.717, 1.165) is 27.4 Å². The van der Waals surface area contributed by atoms with E-state index >= 15 is 0 Å². The first kappa shape index (κ1) is 54.3. The minimum atomic E-state index is -4.94. The Morgan fingerprint density at radius 3 is 1.37 bits per heavy atom. The number of ether oxygens (including phenoxy) is 6. The molecule has 0 unspecified atom stereocenters. The number of hydrogen-bond donors (Lipinski definition) is 4. The Morgan fingerprint density at radius 2 is 1.00 bits per heavy atom. The number of anilines is 2. The number of benzene rings is 2. The molecule has 0 bridgehead atoms. The number of alkyl halides is 12. The highest BCUT2D eigenvalue weighted by atomic mass is 19.4. The average molecular weight is 929 g/mol. The van der Waals surface area contributed by atoms with Crippen LogP contribution in [-0.2, 0) is 34.9 Å². The zero-order valence-corrected chi connectivity index (χ0v) is 33.4. The fourth-order valence-electron chi connectivity index (χ4n) is 4.00. The summed E-state index contributed by atoms with van der Waals surface area (Å²) >= 11 is 0. The average Bonchev–Trinajstić information content (AvgIpc) is 3.16. The van der Waals surface area contributed by atoms with Gasteiger partial charge >= 0.3 is 49.2 Å². The summed E-state index contributed by atoms with van der Waals surface area (Å²) in [6, 6.07) is 5.97. The molecule has 0 radical (unpaired) electrons. The lowest BCUT2D eigenvalue weighted by atomic mass is 10.1. The minimum Gasteiger partial charge on any atom is -0.467 e. The first-order valence-corrected chi connectivity index (χ1v) is 16.5. The van der Waals surface area contributed by atoms with E-state index in [0.29, 0.717) is 16.7 Å². The van der Waals surface area contributed by atoms with Crippen LogP contribution < -0.4 is 40.6 Å². The monoisotopic (exact) mass is 928 g/mol. The minimum absolute atomic E-state index is 0.0178. The summed E-state index contributed by atoms with van der Waals surface area (Å²) in [4.78, 5) is 41.7. The van der Waals surface area contributed by atoms with E-state index in [1.807, 2.05) is 10.6 Å². The van der Waals surface area contributed by atoms with E-state index in [2.05, 4.69) is 63.6 Å². The number of nitrogens with zero attached hydrogens (tertiary/aromatic N) is 6. The van der Waals surface area contributed by atoms with E-state index in [-0.39, 0.29) is 17.9 Å². The second-order valence-corrected chi connectivity index (χ2v) is 11.2. The lowest BCUT2D eigenvalue weighted by Crippen LogP contribution is -2.30. The molecule has 63 heavy (non-hydrogen) atoms. The third-order valence-corrected chi connectivity index (χ3v) is 6.54. The maximum absolute atomic E-state index is 12.8. The van der Waals surface area contributed by atoms with Gasteiger partial charge in [0.15, 0.2) is 0 Å². The Hall–Kier alpha value is -6.72. The molecule has 2 heterocycles. The van der Waals surface area contributed by atoms with Crippen molar-refractivity contribution >= 4 is 24.0 Å². The lowest BCUT2D eigenvalue weighted by molar-refractivity contribution is -0.275. The molecule has 0 fully saturated rings. The molecule has 0 spiro atoms. The van der Waals surface area contributed by atoms with Crippen molar-refractivity contribution in [3.05, 3.63) is 70.3 Å².